The quantitative estimate of drug-likeness (QED) is 0.592. The van der Waals surface area contributed by atoms with Crippen LogP contribution in [0.25, 0.3) is 34.4 Å². The molecule has 0 fully saturated rings. The van der Waals surface area contributed by atoms with Gasteiger partial charge in [0.15, 0.2) is 11.6 Å². The highest BCUT2D eigenvalue weighted by molar-refractivity contribution is 5.90. The highest BCUT2D eigenvalue weighted by atomic mass is 16.5. The second-order valence-corrected chi connectivity index (χ2v) is 5.83. The summed E-state index contributed by atoms with van der Waals surface area (Å²) in [6, 6.07) is 12.1. The summed E-state index contributed by atoms with van der Waals surface area (Å²) < 4.78 is 7.35. The predicted molar refractivity (Wildman–Crippen MR) is 103 cm³/mol. The molecular weight excluding hydrogens is 326 g/mol. The molecule has 0 saturated carbocycles. The van der Waals surface area contributed by atoms with Gasteiger partial charge < -0.3 is 14.8 Å². The normalized spacial score (nSPS) is 10.9. The summed E-state index contributed by atoms with van der Waals surface area (Å²) in [7, 11) is 0. The van der Waals surface area contributed by atoms with Crippen LogP contribution in [0.2, 0.25) is 0 Å². The van der Waals surface area contributed by atoms with Gasteiger partial charge in [0.05, 0.1) is 23.1 Å². The first-order chi connectivity index (χ1) is 12.7. The molecule has 0 saturated heterocycles. The van der Waals surface area contributed by atoms with Crippen LogP contribution in [0, 0.1) is 0 Å². The molecule has 0 bridgehead atoms. The standard InChI is InChI=1S/C20H17N5O/c1-3-14-18(17(4-2)26-24-14)15-10-16-19(20(21)23-15)22-12-25(16)11-13-8-6-5-7-9-13/h3-10,12H,1-2,11H2,(H2,21,23). The maximum atomic E-state index is 6.16. The zero-order valence-electron chi connectivity index (χ0n) is 14.1. The first-order valence-corrected chi connectivity index (χ1v) is 8.11. The molecule has 128 valence electrons. The molecule has 0 aliphatic heterocycles. The zero-order chi connectivity index (χ0) is 18.1. The zero-order valence-corrected chi connectivity index (χ0v) is 14.1. The summed E-state index contributed by atoms with van der Waals surface area (Å²) in [6.45, 7) is 8.23. The third-order valence-corrected chi connectivity index (χ3v) is 4.21. The number of hydrogen-bond donors (Lipinski definition) is 1. The maximum Gasteiger partial charge on any atom is 0.169 e. The fourth-order valence-corrected chi connectivity index (χ4v) is 2.97. The molecule has 3 heterocycles. The van der Waals surface area contributed by atoms with Gasteiger partial charge in [-0.05, 0) is 23.8 Å². The van der Waals surface area contributed by atoms with Gasteiger partial charge in [-0.15, -0.1) is 0 Å². The lowest BCUT2D eigenvalue weighted by Crippen LogP contribution is -2.00. The number of pyridine rings is 1. The summed E-state index contributed by atoms with van der Waals surface area (Å²) in [5.41, 5.74) is 10.9. The van der Waals surface area contributed by atoms with Crippen molar-refractivity contribution in [3.8, 4) is 11.3 Å². The lowest BCUT2D eigenvalue weighted by molar-refractivity contribution is 0.412. The minimum absolute atomic E-state index is 0.357. The van der Waals surface area contributed by atoms with Gasteiger partial charge in [0, 0.05) is 6.54 Å². The highest BCUT2D eigenvalue weighted by Crippen LogP contribution is 2.31. The number of benzene rings is 1. The molecule has 6 heteroatoms. The molecule has 0 spiro atoms. The van der Waals surface area contributed by atoms with Crippen LogP contribution in [0.1, 0.15) is 17.0 Å². The van der Waals surface area contributed by atoms with Gasteiger partial charge in [0.25, 0.3) is 0 Å². The van der Waals surface area contributed by atoms with Crippen LogP contribution >= 0.6 is 0 Å². The first kappa shape index (κ1) is 15.8. The fourth-order valence-electron chi connectivity index (χ4n) is 2.97. The monoisotopic (exact) mass is 343 g/mol. The van der Waals surface area contributed by atoms with E-state index in [0.717, 1.165) is 11.1 Å². The Hall–Kier alpha value is -3.67. The van der Waals surface area contributed by atoms with Crippen molar-refractivity contribution in [1.82, 2.24) is 19.7 Å². The van der Waals surface area contributed by atoms with E-state index < -0.39 is 0 Å². The van der Waals surface area contributed by atoms with Crippen molar-refractivity contribution in [2.24, 2.45) is 0 Å². The average Bonchev–Trinajstić information content (AvgIpc) is 3.26. The minimum atomic E-state index is 0.357. The molecule has 26 heavy (non-hydrogen) atoms. The Labute approximate surface area is 150 Å². The van der Waals surface area contributed by atoms with E-state index in [-0.39, 0.29) is 0 Å². The predicted octanol–water partition coefficient (Wildman–Crippen LogP) is 4.00. The molecule has 4 rings (SSSR count). The van der Waals surface area contributed by atoms with E-state index in [1.165, 1.54) is 5.56 Å². The van der Waals surface area contributed by atoms with E-state index in [9.17, 15) is 0 Å². The number of nitrogen functional groups attached to an aromatic ring is 1. The average molecular weight is 343 g/mol. The molecule has 3 aromatic heterocycles. The summed E-state index contributed by atoms with van der Waals surface area (Å²) >= 11 is 0. The van der Waals surface area contributed by atoms with Gasteiger partial charge in [-0.25, -0.2) is 9.97 Å². The SMILES string of the molecule is C=Cc1noc(C=C)c1-c1cc2c(ncn2Cc2ccccc2)c(N)n1. The second kappa shape index (κ2) is 6.33. The highest BCUT2D eigenvalue weighted by Gasteiger charge is 2.18. The number of nitrogens with two attached hydrogens (primary N) is 1. The molecule has 6 nitrogen and oxygen atoms in total. The Morgan fingerprint density at radius 1 is 1.15 bits per heavy atom. The van der Waals surface area contributed by atoms with Gasteiger partial charge in [-0.3, -0.25) is 0 Å². The third-order valence-electron chi connectivity index (χ3n) is 4.21. The van der Waals surface area contributed by atoms with E-state index in [4.69, 9.17) is 10.3 Å². The molecule has 0 amide bonds. The van der Waals surface area contributed by atoms with Gasteiger partial charge in [0.1, 0.15) is 11.2 Å². The molecule has 4 aromatic rings. The Morgan fingerprint density at radius 3 is 2.69 bits per heavy atom. The Morgan fingerprint density at radius 2 is 1.96 bits per heavy atom. The lowest BCUT2D eigenvalue weighted by Gasteiger charge is -2.07. The topological polar surface area (TPSA) is 82.8 Å². The van der Waals surface area contributed by atoms with E-state index in [0.29, 0.717) is 35.0 Å². The number of anilines is 1. The van der Waals surface area contributed by atoms with E-state index in [1.807, 2.05) is 28.8 Å². The Bertz CT molecular complexity index is 1080. The van der Waals surface area contributed by atoms with Gasteiger partial charge in [-0.2, -0.15) is 0 Å². The molecule has 1 aromatic carbocycles. The van der Waals surface area contributed by atoms with Crippen LogP contribution < -0.4 is 5.73 Å². The number of imidazole rings is 1. The molecule has 0 aliphatic carbocycles. The van der Waals surface area contributed by atoms with Gasteiger partial charge in [0.2, 0.25) is 0 Å². The summed E-state index contributed by atoms with van der Waals surface area (Å²) in [5, 5.41) is 4.00. The van der Waals surface area contributed by atoms with Crippen molar-refractivity contribution in [2.45, 2.75) is 6.54 Å². The van der Waals surface area contributed by atoms with Crippen LogP contribution in [0.15, 0.2) is 60.4 Å². The molecular formula is C20H17N5O. The van der Waals surface area contributed by atoms with E-state index in [2.05, 4.69) is 40.4 Å². The van der Waals surface area contributed by atoms with Crippen molar-refractivity contribution in [3.63, 3.8) is 0 Å². The Kier molecular flexibility index (Phi) is 3.85. The summed E-state index contributed by atoms with van der Waals surface area (Å²) in [5.74, 6) is 0.885. The van der Waals surface area contributed by atoms with Crippen molar-refractivity contribution < 1.29 is 4.52 Å². The number of fused-ring (bicyclic) bond motifs is 1. The molecule has 0 aliphatic rings. The molecule has 0 unspecified atom stereocenters. The van der Waals surface area contributed by atoms with Crippen LogP contribution in [0.3, 0.4) is 0 Å². The van der Waals surface area contributed by atoms with Crippen LogP contribution in [-0.4, -0.2) is 19.7 Å². The summed E-state index contributed by atoms with van der Waals surface area (Å²) in [4.78, 5) is 8.91. The van der Waals surface area contributed by atoms with Crippen molar-refractivity contribution in [2.75, 3.05) is 5.73 Å². The molecule has 0 radical (unpaired) electrons. The third kappa shape index (κ3) is 2.57. The number of aromatic nitrogens is 4. The fraction of sp³-hybridized carbons (Fsp3) is 0.0500. The smallest absolute Gasteiger partial charge is 0.169 e. The van der Waals surface area contributed by atoms with Gasteiger partial charge >= 0.3 is 0 Å². The maximum absolute atomic E-state index is 6.16. The van der Waals surface area contributed by atoms with Crippen molar-refractivity contribution >= 4 is 29.0 Å². The van der Waals surface area contributed by atoms with Gasteiger partial charge in [-0.1, -0.05) is 48.6 Å². The second-order valence-electron chi connectivity index (χ2n) is 5.83. The molecule has 0 atom stereocenters. The Balaban J connectivity index is 1.88. The number of nitrogens with zero attached hydrogens (tertiary/aromatic N) is 4. The summed E-state index contributed by atoms with van der Waals surface area (Å²) in [6.07, 6.45) is 4.99. The van der Waals surface area contributed by atoms with Crippen LogP contribution in [0.4, 0.5) is 5.82 Å². The lowest BCUT2D eigenvalue weighted by atomic mass is 10.1. The number of hydrogen-bond acceptors (Lipinski definition) is 5. The largest absolute Gasteiger partial charge is 0.382 e. The molecule has 2 N–H and O–H groups in total. The van der Waals surface area contributed by atoms with Crippen LogP contribution in [-0.2, 0) is 6.54 Å². The van der Waals surface area contributed by atoms with Crippen molar-refractivity contribution in [1.29, 1.82) is 0 Å². The van der Waals surface area contributed by atoms with E-state index in [1.54, 1.807) is 18.5 Å². The number of rotatable bonds is 5. The van der Waals surface area contributed by atoms with Crippen molar-refractivity contribution in [3.05, 3.63) is 72.9 Å². The van der Waals surface area contributed by atoms with E-state index >= 15 is 0 Å². The minimum Gasteiger partial charge on any atom is -0.382 e. The van der Waals surface area contributed by atoms with Crippen LogP contribution in [0.5, 0.6) is 0 Å². The first-order valence-electron chi connectivity index (χ1n) is 8.11.